The number of anilines is 1. The van der Waals surface area contributed by atoms with E-state index in [1.807, 2.05) is 57.6 Å². The van der Waals surface area contributed by atoms with Gasteiger partial charge in [0, 0.05) is 50.3 Å². The van der Waals surface area contributed by atoms with E-state index in [0.29, 0.717) is 11.5 Å². The van der Waals surface area contributed by atoms with Gasteiger partial charge in [-0.3, -0.25) is 5.10 Å². The molecule has 3 N–H and O–H groups in total. The summed E-state index contributed by atoms with van der Waals surface area (Å²) in [5.74, 6) is 1.56. The molecule has 0 bridgehead atoms. The Hall–Kier alpha value is -4.28. The number of piperazine rings is 1. The summed E-state index contributed by atoms with van der Waals surface area (Å²) < 4.78 is 0. The number of likely N-dealkylation sites (N-methyl/N-ethyl adjacent to an activating group) is 2. The van der Waals surface area contributed by atoms with E-state index in [-0.39, 0.29) is 0 Å². The summed E-state index contributed by atoms with van der Waals surface area (Å²) in [7, 11) is 6.16. The average Bonchev–Trinajstić information content (AvgIpc) is 3.54. The molecule has 5 rings (SSSR count). The Labute approximate surface area is 228 Å². The first-order valence-electron chi connectivity index (χ1n) is 13.1. The van der Waals surface area contributed by atoms with Crippen molar-refractivity contribution < 1.29 is 0 Å². The summed E-state index contributed by atoms with van der Waals surface area (Å²) in [4.78, 5) is 24.8. The zero-order chi connectivity index (χ0) is 27.5. The standard InChI is InChI=1S/C29H36N10/c1-7-20(17-21(8-2)31-19(3)18-37(4)5)22-9-10-24-25(32-22)27(36-35-24)28-33-23-11-12-30-29(26(23)34-28)39-15-13-38(6)14-16-39/h7-12,17,31H,2-3,13-16,18H2,1,4-6H3,(H,33,34)(H,35,36)/b20-7+,21-17+. The number of H-pyrrole nitrogens is 2. The number of pyridine rings is 2. The lowest BCUT2D eigenvalue weighted by atomic mass is 10.1. The van der Waals surface area contributed by atoms with Crippen molar-refractivity contribution in [2.75, 3.05) is 58.8 Å². The molecule has 4 aromatic heterocycles. The van der Waals surface area contributed by atoms with Gasteiger partial charge < -0.3 is 25.0 Å². The Morgan fingerprint density at radius 2 is 1.90 bits per heavy atom. The minimum Gasteiger partial charge on any atom is -0.358 e. The van der Waals surface area contributed by atoms with Crippen LogP contribution in [0.15, 0.2) is 67.2 Å². The van der Waals surface area contributed by atoms with E-state index in [0.717, 1.165) is 83.3 Å². The molecular weight excluding hydrogens is 488 g/mol. The first-order chi connectivity index (χ1) is 18.9. The summed E-state index contributed by atoms with van der Waals surface area (Å²) in [6.07, 6.45) is 7.67. The minimum atomic E-state index is 0.662. The molecule has 0 aromatic carbocycles. The van der Waals surface area contributed by atoms with Crippen LogP contribution in [0, 0.1) is 0 Å². The van der Waals surface area contributed by atoms with Crippen LogP contribution in [0.3, 0.4) is 0 Å². The van der Waals surface area contributed by atoms with Crippen LogP contribution in [0.1, 0.15) is 12.6 Å². The molecule has 0 amide bonds. The van der Waals surface area contributed by atoms with Gasteiger partial charge in [0.1, 0.15) is 11.0 Å². The lowest BCUT2D eigenvalue weighted by Crippen LogP contribution is -2.44. The highest BCUT2D eigenvalue weighted by Gasteiger charge is 2.21. The van der Waals surface area contributed by atoms with Crippen LogP contribution in [0.4, 0.5) is 5.82 Å². The van der Waals surface area contributed by atoms with Gasteiger partial charge in [-0.25, -0.2) is 15.0 Å². The number of aromatic nitrogens is 6. The fourth-order valence-corrected chi connectivity index (χ4v) is 4.75. The van der Waals surface area contributed by atoms with Gasteiger partial charge in [-0.05, 0) is 64.0 Å². The highest BCUT2D eigenvalue weighted by molar-refractivity contribution is 5.94. The number of imidazole rings is 1. The normalized spacial score (nSPS) is 15.5. The maximum Gasteiger partial charge on any atom is 0.161 e. The van der Waals surface area contributed by atoms with Crippen LogP contribution < -0.4 is 10.2 Å². The van der Waals surface area contributed by atoms with Crippen molar-refractivity contribution in [3.05, 3.63) is 72.9 Å². The monoisotopic (exact) mass is 524 g/mol. The van der Waals surface area contributed by atoms with Gasteiger partial charge in [0.25, 0.3) is 0 Å². The van der Waals surface area contributed by atoms with E-state index in [1.54, 1.807) is 6.08 Å². The van der Waals surface area contributed by atoms with Crippen molar-refractivity contribution in [2.24, 2.45) is 0 Å². The van der Waals surface area contributed by atoms with E-state index in [9.17, 15) is 0 Å². The minimum absolute atomic E-state index is 0.662. The van der Waals surface area contributed by atoms with Crippen molar-refractivity contribution in [1.82, 2.24) is 45.2 Å². The van der Waals surface area contributed by atoms with Crippen molar-refractivity contribution in [3.63, 3.8) is 0 Å². The molecule has 1 fully saturated rings. The molecule has 5 heterocycles. The van der Waals surface area contributed by atoms with E-state index < -0.39 is 0 Å². The Kier molecular flexibility index (Phi) is 7.58. The van der Waals surface area contributed by atoms with Crippen LogP contribution in [-0.4, -0.2) is 93.8 Å². The van der Waals surface area contributed by atoms with Crippen molar-refractivity contribution in [2.45, 2.75) is 6.92 Å². The number of nitrogens with one attached hydrogen (secondary N) is 3. The van der Waals surface area contributed by atoms with Gasteiger partial charge in [0.05, 0.1) is 16.7 Å². The summed E-state index contributed by atoms with van der Waals surface area (Å²) in [6, 6.07) is 5.94. The quantitative estimate of drug-likeness (QED) is 0.284. The van der Waals surface area contributed by atoms with Gasteiger partial charge >= 0.3 is 0 Å². The molecule has 1 saturated heterocycles. The lowest BCUT2D eigenvalue weighted by molar-refractivity contribution is 0.312. The highest BCUT2D eigenvalue weighted by atomic mass is 15.3. The predicted octanol–water partition coefficient (Wildman–Crippen LogP) is 3.79. The Bertz CT molecular complexity index is 1560. The molecule has 0 aliphatic carbocycles. The van der Waals surface area contributed by atoms with E-state index in [2.05, 4.69) is 60.4 Å². The predicted molar refractivity (Wildman–Crippen MR) is 159 cm³/mol. The molecule has 4 aromatic rings. The second kappa shape index (κ2) is 11.2. The van der Waals surface area contributed by atoms with E-state index in [1.165, 1.54) is 0 Å². The highest BCUT2D eigenvalue weighted by Crippen LogP contribution is 2.30. The zero-order valence-electron chi connectivity index (χ0n) is 23.1. The zero-order valence-corrected chi connectivity index (χ0v) is 23.1. The summed E-state index contributed by atoms with van der Waals surface area (Å²) >= 11 is 0. The average molecular weight is 525 g/mol. The molecule has 0 spiro atoms. The number of nitrogens with zero attached hydrogens (tertiary/aromatic N) is 7. The second-order valence-corrected chi connectivity index (χ2v) is 10.1. The van der Waals surface area contributed by atoms with Gasteiger partial charge in [-0.2, -0.15) is 5.10 Å². The maximum atomic E-state index is 5.00. The number of hydrogen-bond acceptors (Lipinski definition) is 8. The fourth-order valence-electron chi connectivity index (χ4n) is 4.75. The molecule has 10 heteroatoms. The third kappa shape index (κ3) is 5.62. The van der Waals surface area contributed by atoms with Crippen LogP contribution in [-0.2, 0) is 0 Å². The van der Waals surface area contributed by atoms with Crippen LogP contribution >= 0.6 is 0 Å². The maximum absolute atomic E-state index is 5.00. The molecule has 0 radical (unpaired) electrons. The summed E-state index contributed by atoms with van der Waals surface area (Å²) in [5, 5.41) is 11.0. The van der Waals surface area contributed by atoms with E-state index in [4.69, 9.17) is 9.97 Å². The molecule has 39 heavy (non-hydrogen) atoms. The number of rotatable bonds is 9. The summed E-state index contributed by atoms with van der Waals surface area (Å²) in [6.45, 7) is 14.6. The fraction of sp³-hybridized carbons (Fsp3) is 0.310. The van der Waals surface area contributed by atoms with Gasteiger partial charge in [-0.15, -0.1) is 0 Å². The van der Waals surface area contributed by atoms with Crippen LogP contribution in [0.5, 0.6) is 0 Å². The Balaban J connectivity index is 1.48. The third-order valence-corrected chi connectivity index (χ3v) is 6.78. The lowest BCUT2D eigenvalue weighted by Gasteiger charge is -2.33. The van der Waals surface area contributed by atoms with Gasteiger partial charge in [-0.1, -0.05) is 19.2 Å². The van der Waals surface area contributed by atoms with Gasteiger partial charge in [0.2, 0.25) is 0 Å². The molecule has 1 aliphatic rings. The van der Waals surface area contributed by atoms with Crippen molar-refractivity contribution in [1.29, 1.82) is 0 Å². The van der Waals surface area contributed by atoms with Crippen molar-refractivity contribution in [3.8, 4) is 11.5 Å². The number of aromatic amines is 2. The van der Waals surface area contributed by atoms with Gasteiger partial charge in [0.15, 0.2) is 17.3 Å². The molecular formula is C29H36N10. The van der Waals surface area contributed by atoms with Crippen LogP contribution in [0.2, 0.25) is 0 Å². The first kappa shape index (κ1) is 26.3. The largest absolute Gasteiger partial charge is 0.358 e. The Morgan fingerprint density at radius 1 is 1.10 bits per heavy atom. The Morgan fingerprint density at radius 3 is 2.62 bits per heavy atom. The number of allylic oxidation sites excluding steroid dienone is 4. The molecule has 0 unspecified atom stereocenters. The second-order valence-electron chi connectivity index (χ2n) is 10.1. The molecule has 202 valence electrons. The van der Waals surface area contributed by atoms with E-state index >= 15 is 0 Å². The molecule has 10 nitrogen and oxygen atoms in total. The topological polar surface area (TPSA) is 105 Å². The summed E-state index contributed by atoms with van der Waals surface area (Å²) in [5.41, 5.74) is 7.56. The number of fused-ring (bicyclic) bond motifs is 2. The smallest absolute Gasteiger partial charge is 0.161 e. The molecule has 1 aliphatic heterocycles. The first-order valence-corrected chi connectivity index (χ1v) is 13.1. The third-order valence-electron chi connectivity index (χ3n) is 6.78. The van der Waals surface area contributed by atoms with Crippen molar-refractivity contribution >= 4 is 33.5 Å². The molecule has 0 saturated carbocycles. The molecule has 0 atom stereocenters. The number of hydrogen-bond donors (Lipinski definition) is 3. The van der Waals surface area contributed by atoms with Crippen LogP contribution in [0.25, 0.3) is 39.2 Å². The SMILES string of the molecule is C=C/C(=C\C(=C/C)c1ccc2[nH]nc(-c3nc4c(N5CCN(C)CC5)nccc4[nH]3)c2n1)NC(=C)CN(C)C.